The summed E-state index contributed by atoms with van der Waals surface area (Å²) < 4.78 is 14.1. The number of carbonyl (C=O) groups is 1. The molecule has 4 rings (SSSR count). The predicted octanol–water partition coefficient (Wildman–Crippen LogP) is 6.05. The number of carbonyl (C=O) groups excluding carboxylic acids is 1. The van der Waals surface area contributed by atoms with Gasteiger partial charge in [0.25, 0.3) is 0 Å². The highest BCUT2D eigenvalue weighted by Gasteiger charge is 2.15. The molecule has 5 nitrogen and oxygen atoms in total. The van der Waals surface area contributed by atoms with Gasteiger partial charge in [-0.2, -0.15) is 0 Å². The fourth-order valence-electron chi connectivity index (χ4n) is 3.71. The molecule has 0 unspecified atom stereocenters. The van der Waals surface area contributed by atoms with E-state index in [-0.39, 0.29) is 5.97 Å². The van der Waals surface area contributed by atoms with Crippen molar-refractivity contribution in [3.63, 3.8) is 0 Å². The molecule has 31 heavy (non-hydrogen) atoms. The molecule has 0 amide bonds. The summed E-state index contributed by atoms with van der Waals surface area (Å²) in [6.07, 6.45) is 1.19. The Morgan fingerprint density at radius 3 is 2.94 bits per heavy atom. The second-order valence-corrected chi connectivity index (χ2v) is 9.27. The van der Waals surface area contributed by atoms with Gasteiger partial charge in [0, 0.05) is 28.3 Å². The van der Waals surface area contributed by atoms with Crippen LogP contribution in [0.5, 0.6) is 5.75 Å². The van der Waals surface area contributed by atoms with Gasteiger partial charge in [-0.25, -0.2) is 4.98 Å². The van der Waals surface area contributed by atoms with Crippen LogP contribution in [-0.2, 0) is 16.1 Å². The van der Waals surface area contributed by atoms with Crippen LogP contribution in [0.1, 0.15) is 30.9 Å². The zero-order valence-electron chi connectivity index (χ0n) is 18.0. The average molecular weight is 455 g/mol. The first-order valence-corrected chi connectivity index (χ1v) is 12.3. The van der Waals surface area contributed by atoms with Crippen molar-refractivity contribution >= 4 is 50.2 Å². The number of fused-ring (bicyclic) bond motifs is 2. The highest BCUT2D eigenvalue weighted by atomic mass is 32.2. The van der Waals surface area contributed by atoms with Gasteiger partial charge in [-0.1, -0.05) is 23.9 Å². The second kappa shape index (κ2) is 9.75. The molecule has 0 saturated heterocycles. The Bertz CT molecular complexity index is 1210. The normalized spacial score (nSPS) is 11.3. The van der Waals surface area contributed by atoms with E-state index in [1.807, 2.05) is 25.1 Å². The van der Waals surface area contributed by atoms with E-state index >= 15 is 0 Å². The third-order valence-corrected chi connectivity index (χ3v) is 7.25. The summed E-state index contributed by atoms with van der Waals surface area (Å²) in [5, 5.41) is 4.54. The van der Waals surface area contributed by atoms with Gasteiger partial charge in [0.2, 0.25) is 0 Å². The largest absolute Gasteiger partial charge is 0.497 e. The molecule has 162 valence electrons. The number of imidazole rings is 1. The van der Waals surface area contributed by atoms with Gasteiger partial charge < -0.3 is 14.0 Å². The SMILES string of the molecule is CCOC(=O)CCCSc1nc2ccc(OC)cc2n1Cc1csc2cccc(C)c12. The number of aromatic nitrogens is 2. The summed E-state index contributed by atoms with van der Waals surface area (Å²) in [7, 11) is 1.68. The molecule has 7 heteroatoms. The maximum absolute atomic E-state index is 11.6. The van der Waals surface area contributed by atoms with Crippen LogP contribution in [0.2, 0.25) is 0 Å². The molecule has 0 bridgehead atoms. The van der Waals surface area contributed by atoms with Crippen LogP contribution < -0.4 is 4.74 Å². The molecule has 0 atom stereocenters. The molecule has 2 heterocycles. The fraction of sp³-hybridized carbons (Fsp3) is 0.333. The van der Waals surface area contributed by atoms with Crippen LogP contribution in [0, 0.1) is 6.92 Å². The van der Waals surface area contributed by atoms with Crippen LogP contribution in [0.25, 0.3) is 21.1 Å². The van der Waals surface area contributed by atoms with E-state index in [9.17, 15) is 4.79 Å². The van der Waals surface area contributed by atoms with Gasteiger partial charge in [-0.05, 0) is 55.0 Å². The Balaban J connectivity index is 1.64. The second-order valence-electron chi connectivity index (χ2n) is 7.30. The molecule has 2 aromatic heterocycles. The number of hydrogen-bond donors (Lipinski definition) is 0. The number of thioether (sulfide) groups is 1. The summed E-state index contributed by atoms with van der Waals surface area (Å²) in [5.74, 6) is 1.49. The Morgan fingerprint density at radius 2 is 2.13 bits per heavy atom. The minimum absolute atomic E-state index is 0.137. The maximum atomic E-state index is 11.6. The summed E-state index contributed by atoms with van der Waals surface area (Å²) in [5.41, 5.74) is 4.60. The summed E-state index contributed by atoms with van der Waals surface area (Å²) in [6, 6.07) is 12.4. The van der Waals surface area contributed by atoms with Crippen LogP contribution in [0.4, 0.5) is 0 Å². The van der Waals surface area contributed by atoms with Crippen molar-refractivity contribution in [3.8, 4) is 5.75 Å². The zero-order valence-corrected chi connectivity index (χ0v) is 19.6. The summed E-state index contributed by atoms with van der Waals surface area (Å²) in [4.78, 5) is 16.5. The number of hydrogen-bond acceptors (Lipinski definition) is 6. The number of benzene rings is 2. The van der Waals surface area contributed by atoms with Crippen molar-refractivity contribution in [1.82, 2.24) is 9.55 Å². The monoisotopic (exact) mass is 454 g/mol. The Labute approximate surface area is 190 Å². The smallest absolute Gasteiger partial charge is 0.305 e. The number of nitrogens with zero attached hydrogens (tertiary/aromatic N) is 2. The number of methoxy groups -OCH3 is 1. The molecule has 2 aromatic carbocycles. The molecule has 0 aliphatic carbocycles. The van der Waals surface area contributed by atoms with E-state index in [1.165, 1.54) is 21.2 Å². The van der Waals surface area contributed by atoms with Crippen molar-refractivity contribution in [2.75, 3.05) is 19.5 Å². The van der Waals surface area contributed by atoms with Gasteiger partial charge >= 0.3 is 5.97 Å². The van der Waals surface area contributed by atoms with E-state index in [1.54, 1.807) is 30.2 Å². The van der Waals surface area contributed by atoms with E-state index in [4.69, 9.17) is 14.5 Å². The molecule has 0 saturated carbocycles. The van der Waals surface area contributed by atoms with Gasteiger partial charge in [-0.15, -0.1) is 11.3 Å². The van der Waals surface area contributed by atoms with Crippen LogP contribution >= 0.6 is 23.1 Å². The molecule has 4 aromatic rings. The minimum Gasteiger partial charge on any atom is -0.497 e. The molecule has 0 N–H and O–H groups in total. The first-order chi connectivity index (χ1) is 15.1. The molecular formula is C24H26N2O3S2. The summed E-state index contributed by atoms with van der Waals surface area (Å²) >= 11 is 3.47. The van der Waals surface area contributed by atoms with E-state index in [0.717, 1.165) is 40.7 Å². The van der Waals surface area contributed by atoms with E-state index in [2.05, 4.69) is 35.1 Å². The third kappa shape index (κ3) is 4.72. The number of aryl methyl sites for hydroxylation is 1. The molecule has 0 spiro atoms. The Kier molecular flexibility index (Phi) is 6.83. The lowest BCUT2D eigenvalue weighted by Gasteiger charge is -2.10. The quantitative estimate of drug-likeness (QED) is 0.175. The van der Waals surface area contributed by atoms with Gasteiger partial charge in [0.05, 0.1) is 31.3 Å². The van der Waals surface area contributed by atoms with Crippen LogP contribution in [0.3, 0.4) is 0 Å². The molecule has 0 fully saturated rings. The van der Waals surface area contributed by atoms with Crippen LogP contribution in [0.15, 0.2) is 46.9 Å². The molecule has 0 aliphatic rings. The third-order valence-electron chi connectivity index (χ3n) is 5.19. The Hall–Kier alpha value is -2.51. The first kappa shape index (κ1) is 21.7. The van der Waals surface area contributed by atoms with Gasteiger partial charge in [0.1, 0.15) is 5.75 Å². The van der Waals surface area contributed by atoms with Crippen molar-refractivity contribution in [1.29, 1.82) is 0 Å². The van der Waals surface area contributed by atoms with Crippen molar-refractivity contribution in [3.05, 3.63) is 52.9 Å². The average Bonchev–Trinajstić information content (AvgIpc) is 3.33. The highest BCUT2D eigenvalue weighted by Crippen LogP contribution is 2.33. The maximum Gasteiger partial charge on any atom is 0.305 e. The van der Waals surface area contributed by atoms with Crippen molar-refractivity contribution < 1.29 is 14.3 Å². The number of rotatable bonds is 9. The lowest BCUT2D eigenvalue weighted by molar-refractivity contribution is -0.143. The number of thiophene rings is 1. The fourth-order valence-corrected chi connectivity index (χ4v) is 5.70. The summed E-state index contributed by atoms with van der Waals surface area (Å²) in [6.45, 7) is 5.17. The van der Waals surface area contributed by atoms with E-state index < -0.39 is 0 Å². The number of ether oxygens (including phenoxy) is 2. The number of esters is 1. The standard InChI is InChI=1S/C24H26N2O3S2/c1-4-29-22(27)9-6-12-30-24-25-19-11-10-18(28-3)13-20(19)26(24)14-17-15-31-21-8-5-7-16(2)23(17)21/h5,7-8,10-11,13,15H,4,6,9,12,14H2,1-3H3. The lowest BCUT2D eigenvalue weighted by atomic mass is 10.1. The first-order valence-electron chi connectivity index (χ1n) is 10.4. The zero-order chi connectivity index (χ0) is 21.8. The molecule has 0 aliphatic heterocycles. The van der Waals surface area contributed by atoms with Crippen LogP contribution in [-0.4, -0.2) is 35.0 Å². The lowest BCUT2D eigenvalue weighted by Crippen LogP contribution is -2.05. The predicted molar refractivity (Wildman–Crippen MR) is 129 cm³/mol. The van der Waals surface area contributed by atoms with Crippen molar-refractivity contribution in [2.45, 2.75) is 38.4 Å². The van der Waals surface area contributed by atoms with E-state index in [0.29, 0.717) is 13.0 Å². The topological polar surface area (TPSA) is 53.4 Å². The highest BCUT2D eigenvalue weighted by molar-refractivity contribution is 7.99. The van der Waals surface area contributed by atoms with Gasteiger partial charge in [-0.3, -0.25) is 4.79 Å². The molecular weight excluding hydrogens is 428 g/mol. The van der Waals surface area contributed by atoms with Crippen molar-refractivity contribution in [2.24, 2.45) is 0 Å². The minimum atomic E-state index is -0.137. The van der Waals surface area contributed by atoms with Gasteiger partial charge in [0.15, 0.2) is 5.16 Å². The molecule has 0 radical (unpaired) electrons. The Morgan fingerprint density at radius 1 is 1.26 bits per heavy atom.